The summed E-state index contributed by atoms with van der Waals surface area (Å²) >= 11 is 0. The number of hydrogen-bond donors (Lipinski definition) is 3. The van der Waals surface area contributed by atoms with Crippen molar-refractivity contribution < 1.29 is 24.6 Å². The minimum Gasteiger partial charge on any atom is -0.480 e. The number of carboxylic acid groups (broad SMARTS) is 1. The molecule has 108 valence electrons. The third kappa shape index (κ3) is 3.82. The Hall–Kier alpha value is -1.83. The van der Waals surface area contributed by atoms with Crippen LogP contribution in [0.3, 0.4) is 0 Å². The van der Waals surface area contributed by atoms with Crippen LogP contribution in [0.5, 0.6) is 0 Å². The molecule has 3 amide bonds. The molecule has 0 saturated carbocycles. The van der Waals surface area contributed by atoms with E-state index in [-0.39, 0.29) is 25.4 Å². The number of aliphatic hydroxyl groups excluding tert-OH is 1. The third-order valence-electron chi connectivity index (χ3n) is 2.89. The van der Waals surface area contributed by atoms with Crippen LogP contribution in [0, 0.1) is 0 Å². The molecular formula is C11H19N3O5. The number of urea groups is 1. The van der Waals surface area contributed by atoms with Gasteiger partial charge in [-0.15, -0.1) is 0 Å². The van der Waals surface area contributed by atoms with Gasteiger partial charge in [0.2, 0.25) is 5.91 Å². The second kappa shape index (κ2) is 6.37. The Labute approximate surface area is 111 Å². The molecule has 8 heteroatoms. The first-order valence-corrected chi connectivity index (χ1v) is 6.06. The number of β-amino-alcohol motifs (C(OH)–C–C–N with tert-alkyl or cyclic N) is 1. The van der Waals surface area contributed by atoms with E-state index in [9.17, 15) is 19.5 Å². The number of amides is 3. The Kier molecular flexibility index (Phi) is 5.11. The zero-order chi connectivity index (χ0) is 14.6. The van der Waals surface area contributed by atoms with Crippen LogP contribution >= 0.6 is 0 Å². The quantitative estimate of drug-likeness (QED) is 0.589. The van der Waals surface area contributed by atoms with E-state index in [0.29, 0.717) is 6.54 Å². The molecule has 1 aliphatic heterocycles. The Bertz CT molecular complexity index is 373. The number of nitrogens with one attached hydrogen (secondary N) is 1. The van der Waals surface area contributed by atoms with Gasteiger partial charge >= 0.3 is 12.0 Å². The van der Waals surface area contributed by atoms with Crippen molar-refractivity contribution in [2.45, 2.75) is 25.5 Å². The van der Waals surface area contributed by atoms with Crippen molar-refractivity contribution in [1.29, 1.82) is 0 Å². The van der Waals surface area contributed by atoms with Crippen LogP contribution < -0.4 is 5.32 Å². The van der Waals surface area contributed by atoms with E-state index in [1.165, 1.54) is 7.05 Å². The van der Waals surface area contributed by atoms with Crippen LogP contribution in [0.25, 0.3) is 0 Å². The summed E-state index contributed by atoms with van der Waals surface area (Å²) in [4.78, 5) is 36.6. The maximum atomic E-state index is 12.0. The summed E-state index contributed by atoms with van der Waals surface area (Å²) < 4.78 is 0. The molecular weight excluding hydrogens is 254 g/mol. The van der Waals surface area contributed by atoms with Gasteiger partial charge in [0, 0.05) is 26.6 Å². The van der Waals surface area contributed by atoms with Gasteiger partial charge in [-0.25, -0.2) is 9.59 Å². The molecule has 3 N–H and O–H groups in total. The van der Waals surface area contributed by atoms with E-state index < -0.39 is 24.1 Å². The number of likely N-dealkylation sites (tertiary alicyclic amines) is 1. The van der Waals surface area contributed by atoms with Crippen molar-refractivity contribution in [3.63, 3.8) is 0 Å². The molecule has 0 aromatic heterocycles. The van der Waals surface area contributed by atoms with Crippen molar-refractivity contribution >= 4 is 17.9 Å². The van der Waals surface area contributed by atoms with Gasteiger partial charge in [-0.1, -0.05) is 0 Å². The van der Waals surface area contributed by atoms with Crippen molar-refractivity contribution in [1.82, 2.24) is 15.1 Å². The summed E-state index contributed by atoms with van der Waals surface area (Å²) in [5.74, 6) is -1.47. The predicted molar refractivity (Wildman–Crippen MR) is 65.5 cm³/mol. The van der Waals surface area contributed by atoms with E-state index in [0.717, 1.165) is 9.80 Å². The molecule has 0 bridgehead atoms. The molecule has 1 saturated heterocycles. The number of carboxylic acids is 1. The zero-order valence-corrected chi connectivity index (χ0v) is 11.0. The lowest BCUT2D eigenvalue weighted by atomic mass is 10.2. The number of nitrogens with zero attached hydrogens (tertiary/aromatic N) is 2. The van der Waals surface area contributed by atoms with Crippen molar-refractivity contribution in [3.8, 4) is 0 Å². The maximum Gasteiger partial charge on any atom is 0.326 e. The summed E-state index contributed by atoms with van der Waals surface area (Å²) in [6.45, 7) is 2.04. The van der Waals surface area contributed by atoms with Gasteiger partial charge in [-0.2, -0.15) is 0 Å². The first-order valence-electron chi connectivity index (χ1n) is 6.06. The van der Waals surface area contributed by atoms with E-state index >= 15 is 0 Å². The molecule has 1 fully saturated rings. The summed E-state index contributed by atoms with van der Waals surface area (Å²) in [6.07, 6.45) is -0.835. The molecule has 0 aromatic rings. The lowest BCUT2D eigenvalue weighted by molar-refractivity contribution is -0.141. The molecule has 2 atom stereocenters. The fraction of sp³-hybridized carbons (Fsp3) is 0.727. The maximum absolute atomic E-state index is 12.0. The molecule has 1 heterocycles. The molecule has 19 heavy (non-hydrogen) atoms. The largest absolute Gasteiger partial charge is 0.480 e. The number of rotatable bonds is 4. The number of carbonyl (C=O) groups excluding carboxylic acids is 2. The highest BCUT2D eigenvalue weighted by molar-refractivity contribution is 5.87. The van der Waals surface area contributed by atoms with Gasteiger partial charge in [0.15, 0.2) is 0 Å². The Morgan fingerprint density at radius 2 is 2.05 bits per heavy atom. The summed E-state index contributed by atoms with van der Waals surface area (Å²) in [6, 6.07) is -1.62. The van der Waals surface area contributed by atoms with Crippen LogP contribution in [0.2, 0.25) is 0 Å². The van der Waals surface area contributed by atoms with Crippen molar-refractivity contribution in [2.75, 3.05) is 26.7 Å². The van der Waals surface area contributed by atoms with Crippen molar-refractivity contribution in [2.24, 2.45) is 0 Å². The summed E-state index contributed by atoms with van der Waals surface area (Å²) in [5, 5.41) is 21.0. The Morgan fingerprint density at radius 1 is 1.42 bits per heavy atom. The average molecular weight is 273 g/mol. The van der Waals surface area contributed by atoms with Gasteiger partial charge in [-0.3, -0.25) is 4.79 Å². The number of aliphatic hydroxyl groups is 1. The average Bonchev–Trinajstić information content (AvgIpc) is 2.70. The minimum atomic E-state index is -1.16. The van der Waals surface area contributed by atoms with Gasteiger partial charge in [0.25, 0.3) is 0 Å². The Balaban J connectivity index is 2.65. The highest BCUT2D eigenvalue weighted by Crippen LogP contribution is 2.19. The highest BCUT2D eigenvalue weighted by atomic mass is 16.4. The molecule has 1 unspecified atom stereocenters. The van der Waals surface area contributed by atoms with Crippen LogP contribution in [-0.2, 0) is 9.59 Å². The van der Waals surface area contributed by atoms with Gasteiger partial charge in [0.1, 0.15) is 12.6 Å². The standard InChI is InChI=1S/C11H19N3O5/c1-3-12-9(16)6-13(2)11(19)14-5-7(15)4-8(14)10(17)18/h7-8,15H,3-6H2,1-2H3,(H,12,16)(H,17,18)/t7?,8-/m0/s1. The number of hydrogen-bond acceptors (Lipinski definition) is 4. The second-order valence-electron chi connectivity index (χ2n) is 4.49. The zero-order valence-electron chi connectivity index (χ0n) is 11.0. The van der Waals surface area contributed by atoms with Crippen LogP contribution in [0.4, 0.5) is 4.79 Å². The molecule has 8 nitrogen and oxygen atoms in total. The minimum absolute atomic E-state index is 0.00999. The lowest BCUT2D eigenvalue weighted by Crippen LogP contribution is -2.49. The van der Waals surface area contributed by atoms with E-state index in [1.807, 2.05) is 0 Å². The molecule has 0 aliphatic carbocycles. The lowest BCUT2D eigenvalue weighted by Gasteiger charge is -2.27. The molecule has 0 radical (unpaired) electrons. The smallest absolute Gasteiger partial charge is 0.326 e. The summed E-state index contributed by atoms with van der Waals surface area (Å²) in [5.41, 5.74) is 0. The predicted octanol–water partition coefficient (Wildman–Crippen LogP) is -1.31. The van der Waals surface area contributed by atoms with E-state index in [2.05, 4.69) is 5.32 Å². The first kappa shape index (κ1) is 15.2. The second-order valence-corrected chi connectivity index (χ2v) is 4.49. The number of likely N-dealkylation sites (N-methyl/N-ethyl adjacent to an activating group) is 2. The number of aliphatic carboxylic acids is 1. The van der Waals surface area contributed by atoms with Crippen LogP contribution in [-0.4, -0.2) is 76.7 Å². The summed E-state index contributed by atoms with van der Waals surface area (Å²) in [7, 11) is 1.42. The highest BCUT2D eigenvalue weighted by Gasteiger charge is 2.40. The normalized spacial score (nSPS) is 22.2. The van der Waals surface area contributed by atoms with Crippen molar-refractivity contribution in [3.05, 3.63) is 0 Å². The first-order chi connectivity index (χ1) is 8.86. The van der Waals surface area contributed by atoms with Crippen LogP contribution in [0.1, 0.15) is 13.3 Å². The van der Waals surface area contributed by atoms with Gasteiger partial charge in [0.05, 0.1) is 6.10 Å². The fourth-order valence-electron chi connectivity index (χ4n) is 2.01. The molecule has 1 rings (SSSR count). The topological polar surface area (TPSA) is 110 Å². The van der Waals surface area contributed by atoms with Gasteiger partial charge in [-0.05, 0) is 6.92 Å². The third-order valence-corrected chi connectivity index (χ3v) is 2.89. The fourth-order valence-corrected chi connectivity index (χ4v) is 2.01. The Morgan fingerprint density at radius 3 is 2.58 bits per heavy atom. The molecule has 0 aromatic carbocycles. The van der Waals surface area contributed by atoms with Crippen LogP contribution in [0.15, 0.2) is 0 Å². The monoisotopic (exact) mass is 273 g/mol. The van der Waals surface area contributed by atoms with E-state index in [4.69, 9.17) is 5.11 Å². The SMILES string of the molecule is CCNC(=O)CN(C)C(=O)N1CC(O)C[C@H]1C(=O)O. The van der Waals surface area contributed by atoms with E-state index in [1.54, 1.807) is 6.92 Å². The number of carbonyl (C=O) groups is 3. The molecule has 0 spiro atoms. The van der Waals surface area contributed by atoms with Gasteiger partial charge < -0.3 is 25.3 Å². The molecule has 1 aliphatic rings.